The van der Waals surface area contributed by atoms with Gasteiger partial charge < -0.3 is 26.6 Å². The first kappa shape index (κ1) is 42.0. The van der Waals surface area contributed by atoms with Gasteiger partial charge in [-0.15, -0.1) is 0 Å². The number of nitrogens with one attached hydrogen (secondary N) is 5. The van der Waals surface area contributed by atoms with E-state index in [1.807, 2.05) is 12.1 Å². The fraction of sp³-hybridized carbons (Fsp3) is 0.846. The second-order valence-corrected chi connectivity index (χ2v) is 17.9. The van der Waals surface area contributed by atoms with Gasteiger partial charge in [0.2, 0.25) is 35.4 Å². The molecule has 18 heteroatoms. The maximum Gasteiger partial charge on any atom is 0.249 e. The van der Waals surface area contributed by atoms with Gasteiger partial charge in [-0.1, -0.05) is 0 Å². The molecule has 0 aromatic heterocycles. The molecule has 6 saturated heterocycles. The van der Waals surface area contributed by atoms with Gasteiger partial charge >= 0.3 is 0 Å². The second-order valence-electron chi connectivity index (χ2n) is 17.9. The molecule has 0 spiro atoms. The van der Waals surface area contributed by atoms with Crippen LogP contribution in [0.4, 0.5) is 0 Å². The van der Waals surface area contributed by atoms with Crippen molar-refractivity contribution in [3.05, 3.63) is 0 Å². The second kappa shape index (κ2) is 18.4. The van der Waals surface area contributed by atoms with Crippen LogP contribution in [-0.4, -0.2) is 169 Å². The standard InChI is InChI=1S/C39H66N12O6/c1-23(43-35(33(40)34(41)53)44-27-19-42-47(2)21-27)50-13-3-4-26(22-50)45-36(54)25-11-14-48(15-12-25)20-24-9-16-49(17-10-24)28-5-6-29-30(18-28)39(57)51(38(29)56)31-7-8-32(52)46-37(31)55/h23-31,33,35,42-44H,3-22,40H2,1-2H3,(H2,41,53)(H,45,54)(H,46,52,55)/t23?,26-,27?,28?,29?,30?,31+,33?,35?/m1/s1. The average Bonchev–Trinajstić information content (AvgIpc) is 3.72. The third-order valence-electron chi connectivity index (χ3n) is 14.1. The van der Waals surface area contributed by atoms with Crippen LogP contribution in [0.2, 0.25) is 0 Å². The molecular formula is C39H66N12O6. The Morgan fingerprint density at radius 1 is 0.877 bits per heavy atom. The van der Waals surface area contributed by atoms with E-state index in [-0.39, 0.29) is 78.5 Å². The lowest BCUT2D eigenvalue weighted by atomic mass is 9.77. The zero-order valence-electron chi connectivity index (χ0n) is 33.8. The molecule has 0 radical (unpaired) electrons. The number of likely N-dealkylation sites (N-methyl/N-ethyl adjacent to an activating group) is 1. The molecule has 9 N–H and O–H groups in total. The lowest BCUT2D eigenvalue weighted by Crippen LogP contribution is -2.66. The minimum absolute atomic E-state index is 0.0144. The number of rotatable bonds is 13. The highest BCUT2D eigenvalue weighted by Crippen LogP contribution is 2.42. The minimum atomic E-state index is -0.885. The number of hydrazine groups is 1. The summed E-state index contributed by atoms with van der Waals surface area (Å²) in [6.45, 7) is 10.0. The molecular weight excluding hydrogens is 733 g/mol. The number of nitrogens with two attached hydrogens (primary N) is 2. The van der Waals surface area contributed by atoms with Crippen LogP contribution in [0.25, 0.3) is 0 Å². The largest absolute Gasteiger partial charge is 0.368 e. The smallest absolute Gasteiger partial charge is 0.249 e. The number of likely N-dealkylation sites (tertiary alicyclic amines) is 4. The molecule has 6 aliphatic heterocycles. The number of carbonyl (C=O) groups excluding carboxylic acids is 6. The fourth-order valence-electron chi connectivity index (χ4n) is 10.7. The molecule has 6 heterocycles. The average molecular weight is 799 g/mol. The molecule has 18 nitrogen and oxygen atoms in total. The lowest BCUT2D eigenvalue weighted by molar-refractivity contribution is -0.151. The summed E-state index contributed by atoms with van der Waals surface area (Å²) >= 11 is 0. The number of amides is 6. The van der Waals surface area contributed by atoms with Crippen molar-refractivity contribution in [1.82, 2.24) is 51.3 Å². The van der Waals surface area contributed by atoms with Crippen LogP contribution in [0, 0.1) is 23.7 Å². The van der Waals surface area contributed by atoms with Gasteiger partial charge in [-0.3, -0.25) is 59.9 Å². The van der Waals surface area contributed by atoms with Gasteiger partial charge in [0.25, 0.3) is 0 Å². The maximum atomic E-state index is 13.5. The van der Waals surface area contributed by atoms with Gasteiger partial charge in [-0.25, -0.2) is 5.01 Å². The van der Waals surface area contributed by atoms with E-state index >= 15 is 0 Å². The number of imide groups is 2. The zero-order chi connectivity index (χ0) is 40.4. The van der Waals surface area contributed by atoms with Crippen molar-refractivity contribution >= 4 is 35.4 Å². The first-order chi connectivity index (χ1) is 27.3. The Bertz CT molecular complexity index is 1500. The third kappa shape index (κ3) is 9.86. The van der Waals surface area contributed by atoms with E-state index in [0.29, 0.717) is 18.8 Å². The molecule has 57 heavy (non-hydrogen) atoms. The topological polar surface area (TPSA) is 231 Å². The highest BCUT2D eigenvalue weighted by Gasteiger charge is 2.54. The Kier molecular flexibility index (Phi) is 13.6. The van der Waals surface area contributed by atoms with Crippen LogP contribution in [0.3, 0.4) is 0 Å². The first-order valence-electron chi connectivity index (χ1n) is 21.6. The number of hydrogen-bond donors (Lipinski definition) is 7. The summed E-state index contributed by atoms with van der Waals surface area (Å²) in [5.74, 6) is -1.92. The summed E-state index contributed by atoms with van der Waals surface area (Å²) in [5.41, 5.74) is 15.1. The summed E-state index contributed by atoms with van der Waals surface area (Å²) in [6, 6.07) is -1.31. The molecule has 0 aromatic carbocycles. The van der Waals surface area contributed by atoms with E-state index in [0.717, 1.165) is 104 Å². The van der Waals surface area contributed by atoms with Crippen LogP contribution in [0.15, 0.2) is 0 Å². The Morgan fingerprint density at radius 3 is 2.30 bits per heavy atom. The minimum Gasteiger partial charge on any atom is -0.368 e. The fourth-order valence-corrected chi connectivity index (χ4v) is 10.7. The molecule has 7 unspecified atom stereocenters. The Balaban J connectivity index is 0.806. The van der Waals surface area contributed by atoms with Gasteiger partial charge in [-0.05, 0) is 110 Å². The summed E-state index contributed by atoms with van der Waals surface area (Å²) in [4.78, 5) is 84.9. The van der Waals surface area contributed by atoms with Crippen molar-refractivity contribution in [3.63, 3.8) is 0 Å². The van der Waals surface area contributed by atoms with E-state index in [1.54, 1.807) is 0 Å². The van der Waals surface area contributed by atoms with Crippen LogP contribution >= 0.6 is 0 Å². The van der Waals surface area contributed by atoms with Crippen molar-refractivity contribution in [2.24, 2.45) is 35.1 Å². The molecule has 1 saturated carbocycles. The van der Waals surface area contributed by atoms with Crippen LogP contribution in [0.5, 0.6) is 0 Å². The lowest BCUT2D eigenvalue weighted by Gasteiger charge is -2.42. The van der Waals surface area contributed by atoms with E-state index in [9.17, 15) is 28.8 Å². The molecule has 9 atom stereocenters. The van der Waals surface area contributed by atoms with Gasteiger partial charge in [0.15, 0.2) is 0 Å². The van der Waals surface area contributed by atoms with E-state index in [4.69, 9.17) is 11.5 Å². The highest BCUT2D eigenvalue weighted by atomic mass is 16.2. The van der Waals surface area contributed by atoms with Crippen molar-refractivity contribution in [3.8, 4) is 0 Å². The normalized spacial score (nSPS) is 33.6. The third-order valence-corrected chi connectivity index (χ3v) is 14.1. The SMILES string of the molecule is CC(NC(NC1CNN(C)C1)C(N)C(N)=O)N1CCC[C@@H](NC(=O)C2CCN(CC3CCN(C4CCC5C(=O)N([C@H]6CCC(=O)NC6=O)C(=O)C5C4)CC3)CC2)C1. The van der Waals surface area contributed by atoms with Crippen LogP contribution in [-0.2, 0) is 28.8 Å². The molecule has 7 aliphatic rings. The predicted molar refractivity (Wildman–Crippen MR) is 210 cm³/mol. The number of hydrogen-bond acceptors (Lipinski definition) is 14. The highest BCUT2D eigenvalue weighted by molar-refractivity contribution is 6.10. The van der Waals surface area contributed by atoms with Crippen molar-refractivity contribution in [2.75, 3.05) is 66.0 Å². The monoisotopic (exact) mass is 799 g/mol. The quantitative estimate of drug-likeness (QED) is 0.0751. The number of nitrogens with zero attached hydrogens (tertiary/aromatic N) is 5. The number of fused-ring (bicyclic) bond motifs is 1. The molecule has 7 fully saturated rings. The zero-order valence-corrected chi connectivity index (χ0v) is 33.8. The Labute approximate surface area is 336 Å². The van der Waals surface area contributed by atoms with Crippen LogP contribution < -0.4 is 38.2 Å². The number of primary amides is 1. The summed E-state index contributed by atoms with van der Waals surface area (Å²) in [5, 5.41) is 14.6. The van der Waals surface area contributed by atoms with Crippen molar-refractivity contribution in [1.29, 1.82) is 0 Å². The van der Waals surface area contributed by atoms with Gasteiger partial charge in [-0.2, -0.15) is 0 Å². The van der Waals surface area contributed by atoms with Crippen molar-refractivity contribution in [2.45, 2.75) is 120 Å². The summed E-state index contributed by atoms with van der Waals surface area (Å²) in [6.07, 6.45) is 7.76. The van der Waals surface area contributed by atoms with Crippen molar-refractivity contribution < 1.29 is 28.8 Å². The number of piperidine rings is 4. The van der Waals surface area contributed by atoms with Gasteiger partial charge in [0, 0.05) is 63.7 Å². The van der Waals surface area contributed by atoms with E-state index in [1.165, 1.54) is 4.90 Å². The molecule has 318 valence electrons. The first-order valence-corrected chi connectivity index (χ1v) is 21.6. The van der Waals surface area contributed by atoms with E-state index < -0.39 is 30.1 Å². The molecule has 1 aliphatic carbocycles. The van der Waals surface area contributed by atoms with Gasteiger partial charge in [0.05, 0.1) is 24.2 Å². The maximum absolute atomic E-state index is 13.5. The van der Waals surface area contributed by atoms with Crippen LogP contribution in [0.1, 0.15) is 77.6 Å². The molecule has 6 amide bonds. The number of carbonyl (C=O) groups is 6. The Morgan fingerprint density at radius 2 is 1.61 bits per heavy atom. The van der Waals surface area contributed by atoms with E-state index in [2.05, 4.69) is 48.3 Å². The molecule has 0 aromatic rings. The molecule has 7 rings (SSSR count). The summed E-state index contributed by atoms with van der Waals surface area (Å²) in [7, 11) is 1.97. The Hall–Kier alpha value is -3.10. The molecule has 0 bridgehead atoms. The summed E-state index contributed by atoms with van der Waals surface area (Å²) < 4.78 is 0. The van der Waals surface area contributed by atoms with Gasteiger partial charge in [0.1, 0.15) is 12.1 Å². The predicted octanol–water partition coefficient (Wildman–Crippen LogP) is -2.57.